The van der Waals surface area contributed by atoms with Crippen molar-refractivity contribution in [1.82, 2.24) is 0 Å². The van der Waals surface area contributed by atoms with Gasteiger partial charge in [0.25, 0.3) is 0 Å². The highest BCUT2D eigenvalue weighted by molar-refractivity contribution is 6.08. The Morgan fingerprint density at radius 2 is 1.56 bits per heavy atom. The summed E-state index contributed by atoms with van der Waals surface area (Å²) in [5, 5.41) is 20.8. The number of phenols is 2. The number of aromatic hydroxyl groups is 2. The number of methoxy groups -OCH3 is 4. The number of carbonyl (C=O) groups excluding carboxylic acids is 1. The second kappa shape index (κ2) is 13.1. The van der Waals surface area contributed by atoms with E-state index in [0.717, 1.165) is 5.56 Å². The topological polar surface area (TPSA) is 152 Å². The molecule has 0 saturated carbocycles. The Balaban J connectivity index is 0.000000170. The van der Waals surface area contributed by atoms with Gasteiger partial charge >= 0.3 is 0 Å². The van der Waals surface area contributed by atoms with E-state index in [2.05, 4.69) is 0 Å². The second-order valence-corrected chi connectivity index (χ2v) is 12.8. The quantitative estimate of drug-likeness (QED) is 0.195. The van der Waals surface area contributed by atoms with Gasteiger partial charge in [0.05, 0.1) is 50.9 Å². The molecule has 5 aromatic rings. The van der Waals surface area contributed by atoms with Crippen molar-refractivity contribution in [3.8, 4) is 62.9 Å². The molecular weight excluding hydrogens is 672 g/mol. The molecule has 2 N–H and O–H groups in total. The van der Waals surface area contributed by atoms with Gasteiger partial charge in [-0.15, -0.1) is 0 Å². The fraction of sp³-hybridized carbons (Fsp3) is 0.250. The Labute approximate surface area is 298 Å². The van der Waals surface area contributed by atoms with Crippen LogP contribution in [0.5, 0.6) is 51.7 Å². The highest BCUT2D eigenvalue weighted by Crippen LogP contribution is 2.52. The van der Waals surface area contributed by atoms with E-state index < -0.39 is 17.6 Å². The highest BCUT2D eigenvalue weighted by Gasteiger charge is 2.46. The third-order valence-corrected chi connectivity index (χ3v) is 9.19. The van der Waals surface area contributed by atoms with Crippen LogP contribution in [-0.4, -0.2) is 62.7 Å². The number of ketones is 1. The second-order valence-electron chi connectivity index (χ2n) is 12.8. The number of benzene rings is 4. The lowest BCUT2D eigenvalue weighted by Crippen LogP contribution is -2.43. The lowest BCUT2D eigenvalue weighted by Gasteiger charge is -2.39. The molecule has 52 heavy (non-hydrogen) atoms. The van der Waals surface area contributed by atoms with Gasteiger partial charge in [0.1, 0.15) is 58.9 Å². The molecule has 1 aromatic heterocycles. The standard InChI is InChI=1S/C23H22O7.C17H14O5/c1-23(2)6-5-11-15(30-23)8-13(24)20-21(25)19-12-7-16(26-3)17(27-4)9-14(12)28-10-18(19)29-22(11)20;1-20-11-5-3-10(4-6-11)13-9-22-16-12(15(13)19)7-8-14(18)17(16)21-2/h5-9,18-19,24H,10H2,1-4H3;3-9,18H,1-2H3. The van der Waals surface area contributed by atoms with Crippen LogP contribution in [0.2, 0.25) is 0 Å². The van der Waals surface area contributed by atoms with Crippen LogP contribution in [0.25, 0.3) is 28.2 Å². The summed E-state index contributed by atoms with van der Waals surface area (Å²) in [6.07, 6.45) is 4.60. The van der Waals surface area contributed by atoms with Crippen molar-refractivity contribution in [3.05, 3.63) is 93.9 Å². The van der Waals surface area contributed by atoms with Gasteiger partial charge in [-0.25, -0.2) is 0 Å². The number of hydrogen-bond donors (Lipinski definition) is 2. The molecule has 4 heterocycles. The van der Waals surface area contributed by atoms with Crippen molar-refractivity contribution in [1.29, 1.82) is 0 Å². The average molecular weight is 709 g/mol. The number of hydrogen-bond acceptors (Lipinski definition) is 12. The van der Waals surface area contributed by atoms with Gasteiger partial charge in [-0.2, -0.15) is 0 Å². The Kier molecular flexibility index (Phi) is 8.61. The van der Waals surface area contributed by atoms with Crippen molar-refractivity contribution in [2.75, 3.05) is 35.0 Å². The first-order chi connectivity index (χ1) is 25.0. The van der Waals surface area contributed by atoms with Gasteiger partial charge in [-0.05, 0) is 61.9 Å². The van der Waals surface area contributed by atoms with Crippen molar-refractivity contribution in [2.24, 2.45) is 0 Å². The predicted molar refractivity (Wildman–Crippen MR) is 191 cm³/mol. The maximum absolute atomic E-state index is 13.6. The Morgan fingerprint density at radius 3 is 2.25 bits per heavy atom. The van der Waals surface area contributed by atoms with Gasteiger partial charge in [0.15, 0.2) is 28.6 Å². The molecule has 0 aliphatic carbocycles. The van der Waals surface area contributed by atoms with E-state index in [9.17, 15) is 19.8 Å². The zero-order chi connectivity index (χ0) is 36.9. The van der Waals surface area contributed by atoms with Crippen molar-refractivity contribution in [3.63, 3.8) is 0 Å². The van der Waals surface area contributed by atoms with E-state index in [1.807, 2.05) is 26.0 Å². The van der Waals surface area contributed by atoms with Gasteiger partial charge < -0.3 is 47.8 Å². The molecule has 12 heteroatoms. The molecule has 3 aliphatic rings. The molecule has 0 amide bonds. The van der Waals surface area contributed by atoms with Crippen LogP contribution in [0, 0.1) is 0 Å². The van der Waals surface area contributed by atoms with Crippen LogP contribution in [0.4, 0.5) is 0 Å². The molecule has 268 valence electrons. The minimum absolute atomic E-state index is 0.0738. The maximum Gasteiger partial charge on any atom is 0.204 e. The first kappa shape index (κ1) is 34.2. The summed E-state index contributed by atoms with van der Waals surface area (Å²) >= 11 is 0. The van der Waals surface area contributed by atoms with Crippen molar-refractivity contribution in [2.45, 2.75) is 31.5 Å². The van der Waals surface area contributed by atoms with Gasteiger partial charge in [0.2, 0.25) is 11.2 Å². The summed E-state index contributed by atoms with van der Waals surface area (Å²) in [6, 6.07) is 15.0. The molecule has 0 spiro atoms. The van der Waals surface area contributed by atoms with Crippen LogP contribution < -0.4 is 38.6 Å². The van der Waals surface area contributed by atoms with E-state index in [1.54, 1.807) is 50.6 Å². The van der Waals surface area contributed by atoms with Crippen LogP contribution in [0.3, 0.4) is 0 Å². The van der Waals surface area contributed by atoms with Gasteiger partial charge in [0, 0.05) is 17.7 Å². The number of Topliss-reactive ketones (excluding diaryl/α,β-unsaturated/α-hetero) is 1. The molecule has 8 rings (SSSR count). The summed E-state index contributed by atoms with van der Waals surface area (Å²) in [6.45, 7) is 4.02. The molecule has 0 radical (unpaired) electrons. The predicted octanol–water partition coefficient (Wildman–Crippen LogP) is 6.90. The van der Waals surface area contributed by atoms with Gasteiger partial charge in [-0.3, -0.25) is 9.59 Å². The number of phenolic OH excluding ortho intramolecular Hbond substituents is 2. The monoisotopic (exact) mass is 708 g/mol. The molecule has 0 fully saturated rings. The number of rotatable bonds is 5. The number of fused-ring (bicyclic) bond motifs is 7. The van der Waals surface area contributed by atoms with E-state index in [-0.39, 0.29) is 46.2 Å². The number of ether oxygens (including phenoxy) is 7. The first-order valence-electron chi connectivity index (χ1n) is 16.3. The number of carbonyl (C=O) groups is 1. The molecule has 4 aromatic carbocycles. The minimum atomic E-state index is -0.630. The van der Waals surface area contributed by atoms with Crippen molar-refractivity contribution >= 4 is 22.8 Å². The fourth-order valence-electron chi connectivity index (χ4n) is 6.60. The lowest BCUT2D eigenvalue weighted by atomic mass is 9.80. The van der Waals surface area contributed by atoms with E-state index in [1.165, 1.54) is 38.7 Å². The summed E-state index contributed by atoms with van der Waals surface area (Å²) < 4.78 is 44.5. The molecule has 3 aliphatic heterocycles. The molecule has 0 bridgehead atoms. The molecule has 2 unspecified atom stereocenters. The van der Waals surface area contributed by atoms with Crippen LogP contribution in [-0.2, 0) is 0 Å². The smallest absolute Gasteiger partial charge is 0.204 e. The van der Waals surface area contributed by atoms with Crippen LogP contribution >= 0.6 is 0 Å². The Bertz CT molecular complexity index is 2300. The zero-order valence-corrected chi connectivity index (χ0v) is 29.3. The molecule has 12 nitrogen and oxygen atoms in total. The molecule has 0 saturated heterocycles. The third kappa shape index (κ3) is 5.75. The Hall–Kier alpha value is -6.30. The zero-order valence-electron chi connectivity index (χ0n) is 29.3. The average Bonchev–Trinajstić information content (AvgIpc) is 3.14. The summed E-state index contributed by atoms with van der Waals surface area (Å²) in [5.41, 5.74) is 2.13. The largest absolute Gasteiger partial charge is 0.507 e. The highest BCUT2D eigenvalue weighted by atomic mass is 16.5. The Morgan fingerprint density at radius 1 is 0.827 bits per heavy atom. The first-order valence-corrected chi connectivity index (χ1v) is 16.3. The molecular formula is C40H36O12. The van der Waals surface area contributed by atoms with Gasteiger partial charge in [-0.1, -0.05) is 12.1 Å². The van der Waals surface area contributed by atoms with E-state index in [4.69, 9.17) is 37.6 Å². The SMILES string of the molecule is COc1cc2c(cc1OC)C1C(=O)c3c(O)cc4c(c3OC1CO2)C=CC(C)(C)O4.COc1ccc(-c2coc3c(OC)c(O)ccc3c2=O)cc1. The minimum Gasteiger partial charge on any atom is -0.507 e. The normalized spacial score (nSPS) is 17.4. The fourth-order valence-corrected chi connectivity index (χ4v) is 6.60. The lowest BCUT2D eigenvalue weighted by molar-refractivity contribution is 0.0547. The van der Waals surface area contributed by atoms with Crippen LogP contribution in [0.1, 0.15) is 41.3 Å². The summed E-state index contributed by atoms with van der Waals surface area (Å²) in [7, 11) is 6.06. The maximum atomic E-state index is 13.6. The summed E-state index contributed by atoms with van der Waals surface area (Å²) in [5.74, 6) is 2.12. The van der Waals surface area contributed by atoms with E-state index in [0.29, 0.717) is 56.6 Å². The molecule has 2 atom stereocenters. The summed E-state index contributed by atoms with van der Waals surface area (Å²) in [4.78, 5) is 26.2. The third-order valence-electron chi connectivity index (χ3n) is 9.19. The van der Waals surface area contributed by atoms with Crippen LogP contribution in [0.15, 0.2) is 76.1 Å². The van der Waals surface area contributed by atoms with E-state index >= 15 is 0 Å². The van der Waals surface area contributed by atoms with Crippen molar-refractivity contribution < 1.29 is 52.6 Å².